The standard InChI is InChI=1S/C18H25N3O3S/c1-2-25(22,23)11-10-20-12-17-7-5-9-21(17)14-18(13-20)24-15-16-6-3-4-8-19-16/h3-9,18H,2,10-15H2,1H3. The van der Waals surface area contributed by atoms with Gasteiger partial charge in [0.15, 0.2) is 9.84 Å². The van der Waals surface area contributed by atoms with E-state index >= 15 is 0 Å². The minimum Gasteiger partial charge on any atom is -0.369 e. The summed E-state index contributed by atoms with van der Waals surface area (Å²) < 4.78 is 32.0. The molecule has 0 saturated heterocycles. The highest BCUT2D eigenvalue weighted by Gasteiger charge is 2.23. The van der Waals surface area contributed by atoms with Crippen molar-refractivity contribution in [3.05, 3.63) is 54.1 Å². The minimum atomic E-state index is -2.97. The molecule has 136 valence electrons. The molecule has 6 nitrogen and oxygen atoms in total. The van der Waals surface area contributed by atoms with Crippen LogP contribution in [0.5, 0.6) is 0 Å². The molecular formula is C18H25N3O3S. The van der Waals surface area contributed by atoms with E-state index in [1.165, 1.54) is 5.69 Å². The number of pyridine rings is 1. The van der Waals surface area contributed by atoms with E-state index in [-0.39, 0.29) is 17.6 Å². The highest BCUT2D eigenvalue weighted by molar-refractivity contribution is 7.91. The molecule has 1 atom stereocenters. The first-order valence-electron chi connectivity index (χ1n) is 8.64. The van der Waals surface area contributed by atoms with Crippen LogP contribution >= 0.6 is 0 Å². The van der Waals surface area contributed by atoms with Gasteiger partial charge in [-0.05, 0) is 24.3 Å². The second-order valence-corrected chi connectivity index (χ2v) is 8.85. The molecule has 0 spiro atoms. The molecular weight excluding hydrogens is 338 g/mol. The van der Waals surface area contributed by atoms with Crippen LogP contribution in [0.1, 0.15) is 18.3 Å². The van der Waals surface area contributed by atoms with Gasteiger partial charge in [0.05, 0.1) is 24.2 Å². The molecule has 0 bridgehead atoms. The zero-order valence-corrected chi connectivity index (χ0v) is 15.4. The Hall–Kier alpha value is -1.70. The Morgan fingerprint density at radius 2 is 2.12 bits per heavy atom. The maximum absolute atomic E-state index is 11.8. The Labute approximate surface area is 149 Å². The van der Waals surface area contributed by atoms with E-state index in [0.29, 0.717) is 19.7 Å². The van der Waals surface area contributed by atoms with Crippen LogP contribution in [-0.2, 0) is 34.3 Å². The van der Waals surface area contributed by atoms with Crippen LogP contribution in [0.3, 0.4) is 0 Å². The summed E-state index contributed by atoms with van der Waals surface area (Å²) in [7, 11) is -2.97. The maximum atomic E-state index is 11.8. The van der Waals surface area contributed by atoms with Crippen molar-refractivity contribution in [1.29, 1.82) is 0 Å². The lowest BCUT2D eigenvalue weighted by Gasteiger charge is -2.24. The SMILES string of the molecule is CCS(=O)(=O)CCN1Cc2cccn2CC(OCc2ccccn2)C1. The van der Waals surface area contributed by atoms with E-state index in [2.05, 4.69) is 26.7 Å². The Kier molecular flexibility index (Phi) is 5.88. The lowest BCUT2D eigenvalue weighted by atomic mass is 10.3. The number of fused-ring (bicyclic) bond motifs is 1. The van der Waals surface area contributed by atoms with Crippen molar-refractivity contribution in [2.45, 2.75) is 32.7 Å². The molecule has 0 radical (unpaired) electrons. The topological polar surface area (TPSA) is 64.4 Å². The average molecular weight is 363 g/mol. The molecule has 0 aliphatic carbocycles. The molecule has 3 heterocycles. The second-order valence-electron chi connectivity index (χ2n) is 6.38. The predicted octanol–water partition coefficient (Wildman–Crippen LogP) is 1.72. The first-order chi connectivity index (χ1) is 12.1. The smallest absolute Gasteiger partial charge is 0.151 e. The fourth-order valence-electron chi connectivity index (χ4n) is 3.00. The average Bonchev–Trinajstić information content (AvgIpc) is 2.98. The molecule has 3 rings (SSSR count). The highest BCUT2D eigenvalue weighted by atomic mass is 32.2. The van der Waals surface area contributed by atoms with Gasteiger partial charge >= 0.3 is 0 Å². The lowest BCUT2D eigenvalue weighted by molar-refractivity contribution is 0.00978. The first-order valence-corrected chi connectivity index (χ1v) is 10.5. The highest BCUT2D eigenvalue weighted by Crippen LogP contribution is 2.16. The predicted molar refractivity (Wildman–Crippen MR) is 96.9 cm³/mol. The van der Waals surface area contributed by atoms with Crippen LogP contribution in [0.15, 0.2) is 42.7 Å². The molecule has 7 heteroatoms. The monoisotopic (exact) mass is 363 g/mol. The zero-order valence-electron chi connectivity index (χ0n) is 14.5. The van der Waals surface area contributed by atoms with Crippen LogP contribution in [-0.4, -0.2) is 53.6 Å². The van der Waals surface area contributed by atoms with Crippen LogP contribution in [0.4, 0.5) is 0 Å². The van der Waals surface area contributed by atoms with Crippen molar-refractivity contribution in [3.8, 4) is 0 Å². The number of sulfone groups is 1. The van der Waals surface area contributed by atoms with Gasteiger partial charge in [0.1, 0.15) is 0 Å². The fraction of sp³-hybridized carbons (Fsp3) is 0.500. The fourth-order valence-corrected chi connectivity index (χ4v) is 3.83. The Bertz CT molecular complexity index is 774. The van der Waals surface area contributed by atoms with Crippen LogP contribution in [0.2, 0.25) is 0 Å². The summed E-state index contributed by atoms with van der Waals surface area (Å²) >= 11 is 0. The molecule has 0 aromatic carbocycles. The molecule has 0 saturated carbocycles. The van der Waals surface area contributed by atoms with E-state index in [1.807, 2.05) is 24.3 Å². The van der Waals surface area contributed by atoms with Crippen molar-refractivity contribution in [1.82, 2.24) is 14.5 Å². The molecule has 2 aromatic rings. The number of ether oxygens (including phenoxy) is 1. The molecule has 2 aromatic heterocycles. The van der Waals surface area contributed by atoms with Gasteiger partial charge in [0, 0.05) is 50.0 Å². The molecule has 1 aliphatic rings. The van der Waals surface area contributed by atoms with Crippen LogP contribution < -0.4 is 0 Å². The summed E-state index contributed by atoms with van der Waals surface area (Å²) in [4.78, 5) is 6.47. The van der Waals surface area contributed by atoms with Crippen molar-refractivity contribution in [2.24, 2.45) is 0 Å². The Morgan fingerprint density at radius 3 is 2.88 bits per heavy atom. The maximum Gasteiger partial charge on any atom is 0.151 e. The summed E-state index contributed by atoms with van der Waals surface area (Å²) in [6.07, 6.45) is 3.82. The summed E-state index contributed by atoms with van der Waals surface area (Å²) in [5, 5.41) is 0. The Morgan fingerprint density at radius 1 is 1.24 bits per heavy atom. The quantitative estimate of drug-likeness (QED) is 0.749. The number of rotatable bonds is 7. The third-order valence-electron chi connectivity index (χ3n) is 4.52. The summed E-state index contributed by atoms with van der Waals surface area (Å²) in [5.74, 6) is 0.383. The third-order valence-corrected chi connectivity index (χ3v) is 6.21. The Balaban J connectivity index is 1.66. The van der Waals surface area contributed by atoms with Gasteiger partial charge in [-0.3, -0.25) is 9.88 Å². The van der Waals surface area contributed by atoms with Crippen LogP contribution in [0.25, 0.3) is 0 Å². The van der Waals surface area contributed by atoms with Crippen molar-refractivity contribution in [3.63, 3.8) is 0 Å². The molecule has 1 unspecified atom stereocenters. The van der Waals surface area contributed by atoms with E-state index in [9.17, 15) is 8.42 Å². The van der Waals surface area contributed by atoms with E-state index < -0.39 is 9.84 Å². The number of hydrogen-bond acceptors (Lipinski definition) is 5. The van der Waals surface area contributed by atoms with Gasteiger partial charge in [-0.2, -0.15) is 0 Å². The van der Waals surface area contributed by atoms with Gasteiger partial charge < -0.3 is 9.30 Å². The van der Waals surface area contributed by atoms with Crippen molar-refractivity contribution < 1.29 is 13.2 Å². The van der Waals surface area contributed by atoms with Crippen LogP contribution in [0, 0.1) is 0 Å². The summed E-state index contributed by atoms with van der Waals surface area (Å²) in [5.41, 5.74) is 2.09. The normalized spacial score (nSPS) is 18.7. The van der Waals surface area contributed by atoms with Crippen molar-refractivity contribution >= 4 is 9.84 Å². The van der Waals surface area contributed by atoms with E-state index in [1.54, 1.807) is 13.1 Å². The van der Waals surface area contributed by atoms with Gasteiger partial charge in [0.2, 0.25) is 0 Å². The third kappa shape index (κ3) is 5.14. The van der Waals surface area contributed by atoms with Gasteiger partial charge in [-0.1, -0.05) is 13.0 Å². The van der Waals surface area contributed by atoms with E-state index in [4.69, 9.17) is 4.74 Å². The molecule has 25 heavy (non-hydrogen) atoms. The minimum absolute atomic E-state index is 0.0000123. The molecule has 0 amide bonds. The lowest BCUT2D eigenvalue weighted by Crippen LogP contribution is -2.36. The number of nitrogens with zero attached hydrogens (tertiary/aromatic N) is 3. The largest absolute Gasteiger partial charge is 0.369 e. The molecule has 1 aliphatic heterocycles. The first kappa shape index (κ1) is 18.1. The van der Waals surface area contributed by atoms with Crippen molar-refractivity contribution in [2.75, 3.05) is 24.6 Å². The van der Waals surface area contributed by atoms with Gasteiger partial charge in [0.25, 0.3) is 0 Å². The van der Waals surface area contributed by atoms with Gasteiger partial charge in [-0.15, -0.1) is 0 Å². The summed E-state index contributed by atoms with van der Waals surface area (Å²) in [6.45, 7) is 4.92. The summed E-state index contributed by atoms with van der Waals surface area (Å²) in [6, 6.07) is 9.89. The van der Waals surface area contributed by atoms with E-state index in [0.717, 1.165) is 18.8 Å². The zero-order chi connectivity index (χ0) is 17.7. The van der Waals surface area contributed by atoms with Gasteiger partial charge in [-0.25, -0.2) is 8.42 Å². The number of aromatic nitrogens is 2. The molecule has 0 N–H and O–H groups in total. The molecule has 0 fully saturated rings. The second kappa shape index (κ2) is 8.12. The number of hydrogen-bond donors (Lipinski definition) is 0.